The van der Waals surface area contributed by atoms with Crippen molar-refractivity contribution >= 4 is 5.96 Å². The summed E-state index contributed by atoms with van der Waals surface area (Å²) in [5.74, 6) is 2.68. The Labute approximate surface area is 100 Å². The highest BCUT2D eigenvalue weighted by Crippen LogP contribution is 2.28. The second kappa shape index (κ2) is 7.53. The van der Waals surface area contributed by atoms with Crippen molar-refractivity contribution in [1.82, 2.24) is 10.6 Å². The van der Waals surface area contributed by atoms with Crippen LogP contribution in [0.2, 0.25) is 0 Å². The first kappa shape index (κ1) is 13.3. The lowest BCUT2D eigenvalue weighted by atomic mass is 9.82. The van der Waals surface area contributed by atoms with Gasteiger partial charge in [-0.3, -0.25) is 4.99 Å². The fourth-order valence-electron chi connectivity index (χ4n) is 2.46. The topological polar surface area (TPSA) is 36.4 Å². The largest absolute Gasteiger partial charge is 0.357 e. The molecule has 1 saturated carbocycles. The van der Waals surface area contributed by atoms with E-state index in [1.807, 2.05) is 0 Å². The zero-order valence-corrected chi connectivity index (χ0v) is 11.1. The Morgan fingerprint density at radius 1 is 1.19 bits per heavy atom. The molecule has 0 spiro atoms. The monoisotopic (exact) mass is 225 g/mol. The zero-order chi connectivity index (χ0) is 11.8. The van der Waals surface area contributed by atoms with E-state index >= 15 is 0 Å². The highest BCUT2D eigenvalue weighted by molar-refractivity contribution is 5.79. The van der Waals surface area contributed by atoms with Gasteiger partial charge in [-0.15, -0.1) is 0 Å². The number of nitrogens with zero attached hydrogens (tertiary/aromatic N) is 1. The van der Waals surface area contributed by atoms with Gasteiger partial charge in [-0.05, 0) is 38.5 Å². The third-order valence-corrected chi connectivity index (χ3v) is 3.24. The summed E-state index contributed by atoms with van der Waals surface area (Å²) < 4.78 is 0. The summed E-state index contributed by atoms with van der Waals surface area (Å²) in [5, 5.41) is 6.55. The van der Waals surface area contributed by atoms with Crippen molar-refractivity contribution in [3.05, 3.63) is 0 Å². The van der Waals surface area contributed by atoms with Crippen LogP contribution in [-0.4, -0.2) is 25.6 Å². The summed E-state index contributed by atoms with van der Waals surface area (Å²) in [6.07, 6.45) is 5.51. The molecule has 0 bridgehead atoms. The smallest absolute Gasteiger partial charge is 0.191 e. The van der Waals surface area contributed by atoms with Crippen molar-refractivity contribution in [2.24, 2.45) is 16.8 Å². The van der Waals surface area contributed by atoms with Crippen molar-refractivity contribution in [2.45, 2.75) is 46.5 Å². The molecule has 2 unspecified atom stereocenters. The molecule has 0 saturated heterocycles. The first-order valence-electron chi connectivity index (χ1n) is 6.78. The summed E-state index contributed by atoms with van der Waals surface area (Å²) >= 11 is 0. The Morgan fingerprint density at radius 3 is 2.44 bits per heavy atom. The van der Waals surface area contributed by atoms with Gasteiger partial charge in [0.25, 0.3) is 0 Å². The van der Waals surface area contributed by atoms with Gasteiger partial charge in [-0.1, -0.05) is 19.8 Å². The van der Waals surface area contributed by atoms with Crippen LogP contribution in [0.5, 0.6) is 0 Å². The Bertz CT molecular complexity index is 205. The van der Waals surface area contributed by atoms with Crippen molar-refractivity contribution in [3.63, 3.8) is 0 Å². The van der Waals surface area contributed by atoms with Crippen molar-refractivity contribution in [1.29, 1.82) is 0 Å². The molecule has 1 fully saturated rings. The minimum Gasteiger partial charge on any atom is -0.357 e. The minimum atomic E-state index is 0.802. The first-order chi connectivity index (χ1) is 7.76. The highest BCUT2D eigenvalue weighted by atomic mass is 15.2. The van der Waals surface area contributed by atoms with Crippen LogP contribution in [-0.2, 0) is 0 Å². The molecule has 0 aromatic carbocycles. The normalized spacial score (nSPS) is 24.9. The summed E-state index contributed by atoms with van der Waals surface area (Å²) in [5.41, 5.74) is 0. The molecule has 1 rings (SSSR count). The molecule has 2 atom stereocenters. The molecule has 1 aliphatic carbocycles. The number of aliphatic imine (C=N–C) groups is 1. The maximum Gasteiger partial charge on any atom is 0.191 e. The van der Waals surface area contributed by atoms with Crippen LogP contribution in [0, 0.1) is 11.8 Å². The number of nitrogens with one attached hydrogen (secondary N) is 2. The van der Waals surface area contributed by atoms with E-state index in [-0.39, 0.29) is 0 Å². The van der Waals surface area contributed by atoms with Crippen molar-refractivity contribution in [2.75, 3.05) is 19.6 Å². The van der Waals surface area contributed by atoms with Crippen molar-refractivity contribution in [3.8, 4) is 0 Å². The molecule has 0 aromatic heterocycles. The average Bonchev–Trinajstić information content (AvgIpc) is 2.27. The van der Waals surface area contributed by atoms with E-state index in [4.69, 9.17) is 0 Å². The lowest BCUT2D eigenvalue weighted by Crippen LogP contribution is -2.37. The molecule has 3 nitrogen and oxygen atoms in total. The van der Waals surface area contributed by atoms with Gasteiger partial charge >= 0.3 is 0 Å². The average molecular weight is 225 g/mol. The summed E-state index contributed by atoms with van der Waals surface area (Å²) in [6, 6.07) is 0. The number of rotatable bonds is 4. The van der Waals surface area contributed by atoms with Crippen LogP contribution in [0.4, 0.5) is 0 Å². The molecule has 3 heteroatoms. The number of guanidine groups is 1. The van der Waals surface area contributed by atoms with Gasteiger partial charge < -0.3 is 10.6 Å². The minimum absolute atomic E-state index is 0.802. The Balaban J connectivity index is 2.35. The molecule has 0 aliphatic heterocycles. The molecule has 16 heavy (non-hydrogen) atoms. The van der Waals surface area contributed by atoms with E-state index in [0.29, 0.717) is 0 Å². The van der Waals surface area contributed by atoms with E-state index < -0.39 is 0 Å². The third kappa shape index (κ3) is 4.86. The lowest BCUT2D eigenvalue weighted by Gasteiger charge is -2.25. The maximum absolute atomic E-state index is 4.66. The van der Waals surface area contributed by atoms with Crippen LogP contribution in [0.15, 0.2) is 4.99 Å². The van der Waals surface area contributed by atoms with Gasteiger partial charge in [0.15, 0.2) is 5.96 Å². The van der Waals surface area contributed by atoms with E-state index in [9.17, 15) is 0 Å². The van der Waals surface area contributed by atoms with Crippen LogP contribution in [0.1, 0.15) is 46.5 Å². The second-order valence-corrected chi connectivity index (χ2v) is 4.89. The van der Waals surface area contributed by atoms with Crippen LogP contribution < -0.4 is 10.6 Å². The molecule has 2 N–H and O–H groups in total. The van der Waals surface area contributed by atoms with Gasteiger partial charge in [-0.25, -0.2) is 0 Å². The van der Waals surface area contributed by atoms with Crippen molar-refractivity contribution < 1.29 is 0 Å². The zero-order valence-electron chi connectivity index (χ0n) is 11.1. The summed E-state index contributed by atoms with van der Waals surface area (Å²) in [7, 11) is 0. The summed E-state index contributed by atoms with van der Waals surface area (Å²) in [6.45, 7) is 9.44. The predicted molar refractivity (Wildman–Crippen MR) is 70.8 cm³/mol. The van der Waals surface area contributed by atoms with Crippen LogP contribution in [0.25, 0.3) is 0 Å². The predicted octanol–water partition coefficient (Wildman–Crippen LogP) is 2.39. The number of hydrogen-bond acceptors (Lipinski definition) is 1. The fraction of sp³-hybridized carbons (Fsp3) is 0.923. The van der Waals surface area contributed by atoms with Gasteiger partial charge in [0, 0.05) is 19.6 Å². The fourth-order valence-corrected chi connectivity index (χ4v) is 2.46. The van der Waals surface area contributed by atoms with E-state index in [1.54, 1.807) is 0 Å². The Hall–Kier alpha value is -0.730. The SMILES string of the molecule is CCNC(=NCC1CCCC(C)C1)NCC. The second-order valence-electron chi connectivity index (χ2n) is 4.89. The van der Waals surface area contributed by atoms with Gasteiger partial charge in [0.2, 0.25) is 0 Å². The molecule has 0 radical (unpaired) electrons. The van der Waals surface area contributed by atoms with Gasteiger partial charge in [-0.2, -0.15) is 0 Å². The van der Waals surface area contributed by atoms with E-state index in [0.717, 1.165) is 37.4 Å². The molecule has 0 aromatic rings. The third-order valence-electron chi connectivity index (χ3n) is 3.24. The van der Waals surface area contributed by atoms with E-state index in [1.165, 1.54) is 25.7 Å². The quantitative estimate of drug-likeness (QED) is 0.569. The highest BCUT2D eigenvalue weighted by Gasteiger charge is 2.18. The molecular formula is C13H27N3. The van der Waals surface area contributed by atoms with Crippen LogP contribution >= 0.6 is 0 Å². The van der Waals surface area contributed by atoms with Gasteiger partial charge in [0.05, 0.1) is 0 Å². The molecule has 94 valence electrons. The van der Waals surface area contributed by atoms with Crippen LogP contribution in [0.3, 0.4) is 0 Å². The summed E-state index contributed by atoms with van der Waals surface area (Å²) in [4.78, 5) is 4.66. The first-order valence-corrected chi connectivity index (χ1v) is 6.78. The molecule has 1 aliphatic rings. The molecular weight excluding hydrogens is 198 g/mol. The molecule has 0 heterocycles. The lowest BCUT2D eigenvalue weighted by molar-refractivity contribution is 0.289. The number of hydrogen-bond donors (Lipinski definition) is 2. The Kier molecular flexibility index (Phi) is 6.27. The standard InChI is InChI=1S/C13H27N3/c1-4-14-13(15-5-2)16-10-12-8-6-7-11(3)9-12/h11-12H,4-10H2,1-3H3,(H2,14,15,16). The Morgan fingerprint density at radius 2 is 1.88 bits per heavy atom. The van der Waals surface area contributed by atoms with E-state index in [2.05, 4.69) is 36.4 Å². The maximum atomic E-state index is 4.66. The van der Waals surface area contributed by atoms with Gasteiger partial charge in [0.1, 0.15) is 0 Å². The molecule has 0 amide bonds.